The van der Waals surface area contributed by atoms with Crippen LogP contribution in [0, 0.1) is 5.92 Å². The maximum atomic E-state index is 12.2. The normalized spacial score (nSPS) is 13.6. The number of nitrogens with one attached hydrogen (secondary N) is 1. The number of methoxy groups -OCH3 is 1. The number of benzene rings is 1. The molecule has 0 aliphatic carbocycles. The summed E-state index contributed by atoms with van der Waals surface area (Å²) in [6, 6.07) is 7.68. The number of ether oxygens (including phenoxy) is 2. The van der Waals surface area contributed by atoms with E-state index in [4.69, 9.17) is 9.47 Å². The summed E-state index contributed by atoms with van der Waals surface area (Å²) < 4.78 is 10.5. The van der Waals surface area contributed by atoms with Crippen LogP contribution < -0.4 is 10.1 Å². The molecule has 0 radical (unpaired) electrons. The average molecular weight is 291 g/mol. The molecule has 0 saturated carbocycles. The summed E-state index contributed by atoms with van der Waals surface area (Å²) in [5.74, 6) is 0.954. The number of rotatable bonds is 8. The molecule has 116 valence electrons. The highest BCUT2D eigenvalue weighted by atomic mass is 16.5. The van der Waals surface area contributed by atoms with Crippen molar-refractivity contribution in [2.75, 3.05) is 13.7 Å². The van der Waals surface area contributed by atoms with Crippen LogP contribution in [0.5, 0.6) is 5.75 Å². The molecule has 1 aromatic carbocycles. The van der Waals surface area contributed by atoms with Crippen molar-refractivity contribution in [3.05, 3.63) is 42.5 Å². The Bertz CT molecular complexity index is 454. The Morgan fingerprint density at radius 1 is 1.29 bits per heavy atom. The van der Waals surface area contributed by atoms with Gasteiger partial charge in [0.15, 0.2) is 0 Å². The Kier molecular flexibility index (Phi) is 6.96. The third-order valence-corrected chi connectivity index (χ3v) is 3.27. The lowest BCUT2D eigenvalue weighted by atomic mass is 9.95. The van der Waals surface area contributed by atoms with Gasteiger partial charge in [-0.25, -0.2) is 0 Å². The largest absolute Gasteiger partial charge is 0.497 e. The van der Waals surface area contributed by atoms with E-state index in [1.165, 1.54) is 0 Å². The molecule has 0 fully saturated rings. The van der Waals surface area contributed by atoms with Gasteiger partial charge >= 0.3 is 0 Å². The van der Waals surface area contributed by atoms with Crippen molar-refractivity contribution in [2.45, 2.75) is 32.9 Å². The molecule has 0 spiro atoms. The zero-order valence-corrected chi connectivity index (χ0v) is 13.3. The Hall–Kier alpha value is -1.81. The van der Waals surface area contributed by atoms with Crippen LogP contribution in [-0.2, 0) is 9.53 Å². The summed E-state index contributed by atoms with van der Waals surface area (Å²) in [6.45, 7) is 9.83. The van der Waals surface area contributed by atoms with Crippen molar-refractivity contribution < 1.29 is 14.3 Å². The Balaban J connectivity index is 2.77. The number of carbonyl (C=O) groups excluding carboxylic acids is 1. The zero-order chi connectivity index (χ0) is 15.8. The van der Waals surface area contributed by atoms with Crippen LogP contribution in [0.1, 0.15) is 32.4 Å². The number of carbonyl (C=O) groups is 1. The minimum absolute atomic E-state index is 0.0572. The molecule has 0 saturated heterocycles. The molecular formula is C17H25NO3. The van der Waals surface area contributed by atoms with Gasteiger partial charge in [-0.3, -0.25) is 4.79 Å². The molecule has 0 bridgehead atoms. The van der Waals surface area contributed by atoms with E-state index in [2.05, 4.69) is 25.7 Å². The molecule has 1 aromatic rings. The molecule has 2 atom stereocenters. The van der Waals surface area contributed by atoms with Gasteiger partial charge in [-0.05, 0) is 30.5 Å². The smallest absolute Gasteiger partial charge is 0.249 e. The third-order valence-electron chi connectivity index (χ3n) is 3.27. The summed E-state index contributed by atoms with van der Waals surface area (Å²) >= 11 is 0. The van der Waals surface area contributed by atoms with Gasteiger partial charge in [0.05, 0.1) is 19.8 Å². The van der Waals surface area contributed by atoms with E-state index in [1.807, 2.05) is 24.3 Å². The van der Waals surface area contributed by atoms with E-state index in [1.54, 1.807) is 20.1 Å². The van der Waals surface area contributed by atoms with Crippen molar-refractivity contribution in [3.63, 3.8) is 0 Å². The van der Waals surface area contributed by atoms with Crippen molar-refractivity contribution in [1.29, 1.82) is 0 Å². The first-order valence-electron chi connectivity index (χ1n) is 7.16. The maximum Gasteiger partial charge on any atom is 0.249 e. The first kappa shape index (κ1) is 17.2. The quantitative estimate of drug-likeness (QED) is 0.749. The highest BCUT2D eigenvalue weighted by Crippen LogP contribution is 2.24. The second-order valence-electron chi connectivity index (χ2n) is 5.27. The van der Waals surface area contributed by atoms with Gasteiger partial charge in [0.2, 0.25) is 5.91 Å². The van der Waals surface area contributed by atoms with Gasteiger partial charge in [0, 0.05) is 0 Å². The van der Waals surface area contributed by atoms with Crippen molar-refractivity contribution in [3.8, 4) is 5.75 Å². The van der Waals surface area contributed by atoms with Crippen LogP contribution in [0.2, 0.25) is 0 Å². The zero-order valence-electron chi connectivity index (χ0n) is 13.3. The number of hydrogen-bond acceptors (Lipinski definition) is 3. The second kappa shape index (κ2) is 8.47. The van der Waals surface area contributed by atoms with Gasteiger partial charge in [0.1, 0.15) is 11.9 Å². The topological polar surface area (TPSA) is 47.6 Å². The van der Waals surface area contributed by atoms with Crippen molar-refractivity contribution in [1.82, 2.24) is 5.32 Å². The van der Waals surface area contributed by atoms with Crippen LogP contribution in [-0.4, -0.2) is 25.7 Å². The van der Waals surface area contributed by atoms with Crippen LogP contribution in [0.4, 0.5) is 0 Å². The first-order valence-corrected chi connectivity index (χ1v) is 7.16. The maximum absolute atomic E-state index is 12.2. The van der Waals surface area contributed by atoms with Crippen LogP contribution in [0.3, 0.4) is 0 Å². The van der Waals surface area contributed by atoms with Gasteiger partial charge in [-0.1, -0.05) is 32.1 Å². The summed E-state index contributed by atoms with van der Waals surface area (Å²) in [5.41, 5.74) is 1.05. The van der Waals surface area contributed by atoms with E-state index >= 15 is 0 Å². The summed E-state index contributed by atoms with van der Waals surface area (Å²) in [4.78, 5) is 12.2. The fraction of sp³-hybridized carbons (Fsp3) is 0.471. The van der Waals surface area contributed by atoms with Crippen molar-refractivity contribution >= 4 is 5.91 Å². The highest BCUT2D eigenvalue weighted by molar-refractivity contribution is 5.80. The predicted octanol–water partition coefficient (Wildman–Crippen LogP) is 3.10. The van der Waals surface area contributed by atoms with E-state index < -0.39 is 6.10 Å². The number of hydrogen-bond donors (Lipinski definition) is 1. The van der Waals surface area contributed by atoms with E-state index in [9.17, 15) is 4.79 Å². The second-order valence-corrected chi connectivity index (χ2v) is 5.27. The third kappa shape index (κ3) is 5.23. The fourth-order valence-electron chi connectivity index (χ4n) is 2.00. The predicted molar refractivity (Wildman–Crippen MR) is 84.3 cm³/mol. The molecule has 1 amide bonds. The molecule has 0 aliphatic heterocycles. The van der Waals surface area contributed by atoms with Gasteiger partial charge in [0.25, 0.3) is 0 Å². The highest BCUT2D eigenvalue weighted by Gasteiger charge is 2.21. The summed E-state index contributed by atoms with van der Waals surface area (Å²) in [5, 5.41) is 3.04. The standard InChI is InChI=1S/C17H25NO3/c1-6-11-21-13(4)17(19)18-16(12(2)3)14-7-9-15(20-5)10-8-14/h6-10,12-13,16H,1,11H2,2-5H3,(H,18,19)/t13-,16+/m1/s1. The average Bonchev–Trinajstić information content (AvgIpc) is 2.49. The molecule has 1 N–H and O–H groups in total. The monoisotopic (exact) mass is 291 g/mol. The lowest BCUT2D eigenvalue weighted by Gasteiger charge is -2.25. The molecular weight excluding hydrogens is 266 g/mol. The fourth-order valence-corrected chi connectivity index (χ4v) is 2.00. The molecule has 0 heterocycles. The molecule has 1 rings (SSSR count). The lowest BCUT2D eigenvalue weighted by molar-refractivity contribution is -0.132. The molecule has 0 unspecified atom stereocenters. The van der Waals surface area contributed by atoms with Gasteiger partial charge in [-0.2, -0.15) is 0 Å². The van der Waals surface area contributed by atoms with E-state index in [0.29, 0.717) is 6.61 Å². The van der Waals surface area contributed by atoms with Crippen LogP contribution in [0.25, 0.3) is 0 Å². The molecule has 4 heteroatoms. The Labute approximate surface area is 127 Å². The minimum Gasteiger partial charge on any atom is -0.497 e. The van der Waals surface area contributed by atoms with E-state index in [-0.39, 0.29) is 17.9 Å². The molecule has 21 heavy (non-hydrogen) atoms. The van der Waals surface area contributed by atoms with Crippen LogP contribution in [0.15, 0.2) is 36.9 Å². The van der Waals surface area contributed by atoms with Crippen LogP contribution >= 0.6 is 0 Å². The SMILES string of the molecule is C=CCO[C@H](C)C(=O)N[C@H](c1ccc(OC)cc1)C(C)C. The van der Waals surface area contributed by atoms with Gasteiger partial charge < -0.3 is 14.8 Å². The first-order chi connectivity index (χ1) is 9.99. The molecule has 4 nitrogen and oxygen atoms in total. The molecule has 0 aliphatic rings. The lowest BCUT2D eigenvalue weighted by Crippen LogP contribution is -2.39. The number of amides is 1. The summed E-state index contributed by atoms with van der Waals surface area (Å²) in [6.07, 6.45) is 1.13. The Morgan fingerprint density at radius 2 is 1.90 bits per heavy atom. The minimum atomic E-state index is -0.498. The van der Waals surface area contributed by atoms with Gasteiger partial charge in [-0.15, -0.1) is 6.58 Å². The Morgan fingerprint density at radius 3 is 2.38 bits per heavy atom. The summed E-state index contributed by atoms with van der Waals surface area (Å²) in [7, 11) is 1.63. The molecule has 0 aromatic heterocycles. The van der Waals surface area contributed by atoms with Crippen molar-refractivity contribution in [2.24, 2.45) is 5.92 Å². The van der Waals surface area contributed by atoms with E-state index in [0.717, 1.165) is 11.3 Å².